The minimum absolute atomic E-state index is 0.0432. The quantitative estimate of drug-likeness (QED) is 0.727. The summed E-state index contributed by atoms with van der Waals surface area (Å²) in [5.74, 6) is 0.0797. The van der Waals surface area contributed by atoms with Gasteiger partial charge in [0, 0.05) is 10.7 Å². The Kier molecular flexibility index (Phi) is 3.34. The molecule has 0 amide bonds. The predicted molar refractivity (Wildman–Crippen MR) is 83.0 cm³/mol. The molecule has 0 bridgehead atoms. The minimum atomic E-state index is -3.83. The van der Waals surface area contributed by atoms with Crippen molar-refractivity contribution < 1.29 is 13.5 Å². The molecule has 0 saturated heterocycles. The maximum Gasteiger partial charge on any atom is 0.261 e. The maximum absolute atomic E-state index is 11.4. The number of phenols is 1. The van der Waals surface area contributed by atoms with Crippen LogP contribution in [0.1, 0.15) is 11.1 Å². The molecule has 0 aliphatic carbocycles. The average Bonchev–Trinajstić information content (AvgIpc) is 2.84. The number of phenolic OH excluding ortho intramolecular Hbond substituents is 1. The van der Waals surface area contributed by atoms with Gasteiger partial charge in [0.1, 0.15) is 22.5 Å². The number of hydrogen-bond donors (Lipinski definition) is 1. The van der Waals surface area contributed by atoms with Crippen LogP contribution in [0, 0.1) is 13.8 Å². The van der Waals surface area contributed by atoms with Crippen molar-refractivity contribution in [2.24, 2.45) is 0 Å². The smallest absolute Gasteiger partial charge is 0.261 e. The lowest BCUT2D eigenvalue weighted by molar-refractivity contribution is 0.463. The van der Waals surface area contributed by atoms with E-state index in [0.29, 0.717) is 22.3 Å². The molecule has 0 saturated carbocycles. The monoisotopic (exact) mass is 337 g/mol. The van der Waals surface area contributed by atoms with Gasteiger partial charge in [-0.25, -0.2) is 8.42 Å². The summed E-state index contributed by atoms with van der Waals surface area (Å²) >= 11 is 0. The SMILES string of the molecule is Cc1cc(C)c(O)c(-n2nc3ccc(S(=O)(=O)Cl)cc3n2)c1. The third kappa shape index (κ3) is 2.53. The van der Waals surface area contributed by atoms with Crippen molar-refractivity contribution in [1.29, 1.82) is 0 Å². The summed E-state index contributed by atoms with van der Waals surface area (Å²) in [4.78, 5) is 1.24. The van der Waals surface area contributed by atoms with E-state index in [-0.39, 0.29) is 10.6 Å². The highest BCUT2D eigenvalue weighted by atomic mass is 35.7. The van der Waals surface area contributed by atoms with Gasteiger partial charge in [0.2, 0.25) is 0 Å². The lowest BCUT2D eigenvalue weighted by atomic mass is 10.1. The van der Waals surface area contributed by atoms with Gasteiger partial charge in [-0.15, -0.1) is 15.0 Å². The summed E-state index contributed by atoms with van der Waals surface area (Å²) in [6.07, 6.45) is 0. The van der Waals surface area contributed by atoms with E-state index < -0.39 is 9.05 Å². The van der Waals surface area contributed by atoms with Crippen LogP contribution >= 0.6 is 10.7 Å². The average molecular weight is 338 g/mol. The third-order valence-electron chi connectivity index (χ3n) is 3.27. The van der Waals surface area contributed by atoms with E-state index in [9.17, 15) is 13.5 Å². The first-order chi connectivity index (χ1) is 10.3. The van der Waals surface area contributed by atoms with Crippen molar-refractivity contribution in [3.05, 3.63) is 41.5 Å². The fourth-order valence-corrected chi connectivity index (χ4v) is 3.01. The molecule has 2 aromatic carbocycles. The number of rotatable bonds is 2. The Morgan fingerprint density at radius 2 is 1.77 bits per heavy atom. The number of nitrogens with zero attached hydrogens (tertiary/aromatic N) is 3. The molecular weight excluding hydrogens is 326 g/mol. The lowest BCUT2D eigenvalue weighted by Gasteiger charge is -2.07. The van der Waals surface area contributed by atoms with Crippen LogP contribution in [-0.4, -0.2) is 28.5 Å². The second kappa shape index (κ2) is 4.96. The van der Waals surface area contributed by atoms with Gasteiger partial charge in [-0.1, -0.05) is 6.07 Å². The van der Waals surface area contributed by atoms with E-state index >= 15 is 0 Å². The molecule has 1 aromatic heterocycles. The minimum Gasteiger partial charge on any atom is -0.505 e. The Morgan fingerprint density at radius 3 is 2.45 bits per heavy atom. The zero-order valence-electron chi connectivity index (χ0n) is 11.8. The van der Waals surface area contributed by atoms with E-state index in [1.165, 1.54) is 23.0 Å². The van der Waals surface area contributed by atoms with Crippen LogP contribution in [0.2, 0.25) is 0 Å². The van der Waals surface area contributed by atoms with Gasteiger partial charge >= 0.3 is 0 Å². The molecule has 3 rings (SSSR count). The van der Waals surface area contributed by atoms with Gasteiger partial charge in [-0.2, -0.15) is 0 Å². The number of hydrogen-bond acceptors (Lipinski definition) is 5. The molecule has 0 radical (unpaired) electrons. The summed E-state index contributed by atoms with van der Waals surface area (Å²) in [6.45, 7) is 3.69. The van der Waals surface area contributed by atoms with Gasteiger partial charge in [0.25, 0.3) is 9.05 Å². The highest BCUT2D eigenvalue weighted by Gasteiger charge is 2.15. The van der Waals surface area contributed by atoms with Gasteiger partial charge in [-0.05, 0) is 49.2 Å². The third-order valence-corrected chi connectivity index (χ3v) is 4.63. The molecule has 0 aliphatic heterocycles. The largest absolute Gasteiger partial charge is 0.505 e. The van der Waals surface area contributed by atoms with Crippen molar-refractivity contribution in [3.8, 4) is 11.4 Å². The van der Waals surface area contributed by atoms with Gasteiger partial charge in [-0.3, -0.25) is 0 Å². The summed E-state index contributed by atoms with van der Waals surface area (Å²) < 4.78 is 22.7. The molecule has 0 atom stereocenters. The molecule has 6 nitrogen and oxygen atoms in total. The van der Waals surface area contributed by atoms with Crippen LogP contribution < -0.4 is 0 Å². The van der Waals surface area contributed by atoms with Crippen LogP contribution in [0.3, 0.4) is 0 Å². The molecule has 3 aromatic rings. The molecule has 0 aliphatic rings. The number of aryl methyl sites for hydroxylation is 2. The Morgan fingerprint density at radius 1 is 1.09 bits per heavy atom. The Hall–Kier alpha value is -2.12. The molecule has 0 unspecified atom stereocenters. The first-order valence-corrected chi connectivity index (χ1v) is 8.69. The van der Waals surface area contributed by atoms with Crippen molar-refractivity contribution in [2.45, 2.75) is 18.7 Å². The first kappa shape index (κ1) is 14.8. The standard InChI is InChI=1S/C14H12ClN3O3S/c1-8-5-9(2)14(19)13(6-8)18-16-11-4-3-10(22(15,20)21)7-12(11)17-18/h3-7,19H,1-2H3. The number of fused-ring (bicyclic) bond motifs is 1. The van der Waals surface area contributed by atoms with Crippen LogP contribution in [0.4, 0.5) is 0 Å². The molecule has 1 heterocycles. The molecular formula is C14H12ClN3O3S. The van der Waals surface area contributed by atoms with Crippen molar-refractivity contribution >= 4 is 30.8 Å². The van der Waals surface area contributed by atoms with Crippen LogP contribution in [0.25, 0.3) is 16.7 Å². The molecule has 1 N–H and O–H groups in total. The Labute approximate surface area is 131 Å². The second-order valence-corrected chi connectivity index (χ2v) is 7.59. The number of aromatic nitrogens is 3. The Bertz CT molecular complexity index is 996. The van der Waals surface area contributed by atoms with Gasteiger partial charge in [0.05, 0.1) is 4.90 Å². The fraction of sp³-hybridized carbons (Fsp3) is 0.143. The molecule has 0 spiro atoms. The fourth-order valence-electron chi connectivity index (χ4n) is 2.24. The van der Waals surface area contributed by atoms with Crippen molar-refractivity contribution in [3.63, 3.8) is 0 Å². The second-order valence-electron chi connectivity index (χ2n) is 5.03. The highest BCUT2D eigenvalue weighted by Crippen LogP contribution is 2.27. The van der Waals surface area contributed by atoms with E-state index in [2.05, 4.69) is 10.2 Å². The van der Waals surface area contributed by atoms with Gasteiger partial charge in [0.15, 0.2) is 0 Å². The summed E-state index contributed by atoms with van der Waals surface area (Å²) in [5, 5.41) is 18.6. The molecule has 114 valence electrons. The summed E-state index contributed by atoms with van der Waals surface area (Å²) in [7, 11) is 1.50. The topological polar surface area (TPSA) is 85.1 Å². The molecule has 22 heavy (non-hydrogen) atoms. The number of benzene rings is 2. The van der Waals surface area contributed by atoms with E-state index in [1.54, 1.807) is 13.0 Å². The Balaban J connectivity index is 2.22. The summed E-state index contributed by atoms with van der Waals surface area (Å²) in [6, 6.07) is 7.83. The first-order valence-electron chi connectivity index (χ1n) is 6.38. The van der Waals surface area contributed by atoms with E-state index in [0.717, 1.165) is 5.56 Å². The van der Waals surface area contributed by atoms with Crippen LogP contribution in [0.5, 0.6) is 5.75 Å². The van der Waals surface area contributed by atoms with Crippen molar-refractivity contribution in [2.75, 3.05) is 0 Å². The van der Waals surface area contributed by atoms with Crippen LogP contribution in [-0.2, 0) is 9.05 Å². The number of halogens is 1. The number of aromatic hydroxyl groups is 1. The van der Waals surface area contributed by atoms with E-state index in [4.69, 9.17) is 10.7 Å². The van der Waals surface area contributed by atoms with Gasteiger partial charge < -0.3 is 5.11 Å². The summed E-state index contributed by atoms with van der Waals surface area (Å²) in [5.41, 5.74) is 2.97. The van der Waals surface area contributed by atoms with E-state index in [1.807, 2.05) is 13.0 Å². The normalized spacial score (nSPS) is 12.0. The molecule has 0 fully saturated rings. The zero-order chi connectivity index (χ0) is 16.1. The predicted octanol–water partition coefficient (Wildman–Crippen LogP) is 2.67. The highest BCUT2D eigenvalue weighted by molar-refractivity contribution is 8.13. The van der Waals surface area contributed by atoms with Crippen molar-refractivity contribution in [1.82, 2.24) is 15.0 Å². The lowest BCUT2D eigenvalue weighted by Crippen LogP contribution is -2.00. The molecule has 8 heteroatoms. The zero-order valence-corrected chi connectivity index (χ0v) is 13.4. The maximum atomic E-state index is 11.4. The van der Waals surface area contributed by atoms with Crippen LogP contribution in [0.15, 0.2) is 35.2 Å².